The third kappa shape index (κ3) is 4.39. The monoisotopic (exact) mass is 543 g/mol. The average molecular weight is 544 g/mol. The number of hydrogen-bond donors (Lipinski definition) is 0. The van der Waals surface area contributed by atoms with Gasteiger partial charge in [0.1, 0.15) is 23.0 Å². The van der Waals surface area contributed by atoms with Crippen LogP contribution in [-0.2, 0) is 9.59 Å². The number of carbonyl (C=O) groups excluding carboxylic acids is 3. The SMILES string of the molecule is CC1(C(=O)N2CC[C@@H](CN3C(=O)C(C)(C)N=C3c3ccc(-c4ccc5cc(F)ccc5c4C=O)cc3F)C2)CC1. The van der Waals surface area contributed by atoms with Crippen molar-refractivity contribution in [1.82, 2.24) is 9.80 Å². The fourth-order valence-corrected chi connectivity index (χ4v) is 5.95. The van der Waals surface area contributed by atoms with Gasteiger partial charge in [0.2, 0.25) is 5.91 Å². The molecule has 2 heterocycles. The van der Waals surface area contributed by atoms with Crippen molar-refractivity contribution in [2.75, 3.05) is 19.6 Å². The van der Waals surface area contributed by atoms with E-state index in [1.54, 1.807) is 49.1 Å². The number of hydrogen-bond acceptors (Lipinski definition) is 4. The Morgan fingerprint density at radius 3 is 2.50 bits per heavy atom. The molecule has 0 N–H and O–H groups in total. The molecule has 6 rings (SSSR count). The van der Waals surface area contributed by atoms with Gasteiger partial charge in [0.05, 0.1) is 5.56 Å². The molecule has 0 radical (unpaired) electrons. The molecule has 6 nitrogen and oxygen atoms in total. The third-order valence-electron chi connectivity index (χ3n) is 8.60. The van der Waals surface area contributed by atoms with Crippen LogP contribution >= 0.6 is 0 Å². The molecular weight excluding hydrogens is 512 g/mol. The van der Waals surface area contributed by atoms with Crippen LogP contribution in [0.3, 0.4) is 0 Å². The summed E-state index contributed by atoms with van der Waals surface area (Å²) >= 11 is 0. The summed E-state index contributed by atoms with van der Waals surface area (Å²) in [6, 6.07) is 12.2. The standard InChI is InChI=1S/C32H31F2N3O3/c1-31(2)29(39)37(17-19-10-13-36(16-19)30(40)32(3)11-12-32)28(35-31)25-8-5-21(15-27(25)34)23-7-4-20-14-22(33)6-9-24(20)26(23)18-38/h4-9,14-15,18-19H,10-13,16-17H2,1-3H3/t19-/m1/s1. The van der Waals surface area contributed by atoms with Gasteiger partial charge < -0.3 is 4.90 Å². The minimum Gasteiger partial charge on any atom is -0.342 e. The molecule has 40 heavy (non-hydrogen) atoms. The fraction of sp³-hybridized carbons (Fsp3) is 0.375. The van der Waals surface area contributed by atoms with E-state index in [1.165, 1.54) is 18.2 Å². The fourth-order valence-electron chi connectivity index (χ4n) is 5.95. The highest BCUT2D eigenvalue weighted by molar-refractivity contribution is 6.15. The highest BCUT2D eigenvalue weighted by Gasteiger charge is 2.49. The Kier molecular flexibility index (Phi) is 6.13. The van der Waals surface area contributed by atoms with Crippen molar-refractivity contribution >= 4 is 34.7 Å². The molecule has 1 atom stereocenters. The maximum atomic E-state index is 15.8. The first-order valence-corrected chi connectivity index (χ1v) is 13.7. The number of aldehydes is 1. The van der Waals surface area contributed by atoms with Crippen LogP contribution in [0.1, 0.15) is 56.0 Å². The van der Waals surface area contributed by atoms with E-state index in [0.717, 1.165) is 19.3 Å². The Morgan fingerprint density at radius 2 is 1.80 bits per heavy atom. The number of aliphatic imine (C=N–C) groups is 1. The number of likely N-dealkylation sites (tertiary alicyclic amines) is 1. The molecule has 3 aromatic carbocycles. The number of benzene rings is 3. The van der Waals surface area contributed by atoms with Crippen molar-refractivity contribution in [3.8, 4) is 11.1 Å². The van der Waals surface area contributed by atoms with E-state index in [4.69, 9.17) is 0 Å². The van der Waals surface area contributed by atoms with Crippen molar-refractivity contribution in [1.29, 1.82) is 0 Å². The lowest BCUT2D eigenvalue weighted by Crippen LogP contribution is -2.43. The average Bonchev–Trinajstić information content (AvgIpc) is 3.43. The van der Waals surface area contributed by atoms with Gasteiger partial charge in [-0.25, -0.2) is 8.78 Å². The molecule has 2 aliphatic heterocycles. The predicted molar refractivity (Wildman–Crippen MR) is 149 cm³/mol. The normalized spacial score (nSPS) is 21.2. The lowest BCUT2D eigenvalue weighted by Gasteiger charge is -2.25. The van der Waals surface area contributed by atoms with E-state index >= 15 is 4.39 Å². The van der Waals surface area contributed by atoms with Crippen LogP contribution in [0.2, 0.25) is 0 Å². The van der Waals surface area contributed by atoms with Crippen molar-refractivity contribution in [2.24, 2.45) is 16.3 Å². The smallest absolute Gasteiger partial charge is 0.255 e. The van der Waals surface area contributed by atoms with Gasteiger partial charge in [-0.2, -0.15) is 0 Å². The highest BCUT2D eigenvalue weighted by atomic mass is 19.1. The molecule has 1 aliphatic carbocycles. The molecule has 206 valence electrons. The molecule has 3 aromatic rings. The summed E-state index contributed by atoms with van der Waals surface area (Å²) in [4.78, 5) is 46.3. The van der Waals surface area contributed by atoms with Gasteiger partial charge in [-0.15, -0.1) is 0 Å². The minimum atomic E-state index is -1.03. The van der Waals surface area contributed by atoms with E-state index in [-0.39, 0.29) is 34.5 Å². The van der Waals surface area contributed by atoms with E-state index in [1.807, 2.05) is 11.8 Å². The van der Waals surface area contributed by atoms with E-state index in [0.29, 0.717) is 53.4 Å². The van der Waals surface area contributed by atoms with Crippen LogP contribution in [-0.4, -0.2) is 58.9 Å². The molecule has 0 spiro atoms. The zero-order valence-corrected chi connectivity index (χ0v) is 22.8. The Hall–Kier alpha value is -3.94. The molecule has 2 amide bonds. The van der Waals surface area contributed by atoms with Gasteiger partial charge in [0.25, 0.3) is 5.91 Å². The topological polar surface area (TPSA) is 70.1 Å². The van der Waals surface area contributed by atoms with Gasteiger partial charge in [0, 0.05) is 30.6 Å². The largest absolute Gasteiger partial charge is 0.342 e. The van der Waals surface area contributed by atoms with Crippen LogP contribution < -0.4 is 0 Å². The van der Waals surface area contributed by atoms with E-state index in [9.17, 15) is 18.8 Å². The van der Waals surface area contributed by atoms with Crippen molar-refractivity contribution in [3.63, 3.8) is 0 Å². The van der Waals surface area contributed by atoms with Gasteiger partial charge in [0.15, 0.2) is 6.29 Å². The molecule has 1 saturated carbocycles. The second-order valence-corrected chi connectivity index (χ2v) is 12.1. The number of amidine groups is 1. The molecule has 2 fully saturated rings. The predicted octanol–water partition coefficient (Wildman–Crippen LogP) is 5.61. The summed E-state index contributed by atoms with van der Waals surface area (Å²) in [6.07, 6.45) is 3.32. The molecule has 1 saturated heterocycles. The zero-order chi connectivity index (χ0) is 28.4. The van der Waals surface area contributed by atoms with Gasteiger partial charge in [-0.3, -0.25) is 24.3 Å². The summed E-state index contributed by atoms with van der Waals surface area (Å²) in [5.41, 5.74) is 0.304. The van der Waals surface area contributed by atoms with Crippen LogP contribution in [0.4, 0.5) is 8.78 Å². The lowest BCUT2D eigenvalue weighted by molar-refractivity contribution is -0.135. The molecular formula is C32H31F2N3O3. The quantitative estimate of drug-likeness (QED) is 0.380. The van der Waals surface area contributed by atoms with Gasteiger partial charge >= 0.3 is 0 Å². The van der Waals surface area contributed by atoms with Crippen LogP contribution in [0, 0.1) is 23.0 Å². The second-order valence-electron chi connectivity index (χ2n) is 12.1. The van der Waals surface area contributed by atoms with E-state index in [2.05, 4.69) is 4.99 Å². The summed E-state index contributed by atoms with van der Waals surface area (Å²) in [5, 5.41) is 1.16. The Morgan fingerprint density at radius 1 is 1.05 bits per heavy atom. The maximum Gasteiger partial charge on any atom is 0.255 e. The number of halogens is 2. The Bertz CT molecular complexity index is 1610. The van der Waals surface area contributed by atoms with Crippen LogP contribution in [0.5, 0.6) is 0 Å². The first kappa shape index (κ1) is 26.3. The summed E-state index contributed by atoms with van der Waals surface area (Å²) < 4.78 is 29.4. The van der Waals surface area contributed by atoms with Crippen molar-refractivity contribution in [3.05, 3.63) is 71.3 Å². The number of nitrogens with zero attached hydrogens (tertiary/aromatic N) is 3. The highest BCUT2D eigenvalue weighted by Crippen LogP contribution is 2.47. The number of amides is 2. The molecule has 0 bridgehead atoms. The minimum absolute atomic E-state index is 0.0780. The van der Waals surface area contributed by atoms with Crippen LogP contribution in [0.15, 0.2) is 53.5 Å². The van der Waals surface area contributed by atoms with Crippen LogP contribution in [0.25, 0.3) is 21.9 Å². The first-order chi connectivity index (χ1) is 19.0. The number of fused-ring (bicyclic) bond motifs is 1. The summed E-state index contributed by atoms with van der Waals surface area (Å²) in [5.74, 6) is -0.618. The van der Waals surface area contributed by atoms with Gasteiger partial charge in [-0.1, -0.05) is 31.2 Å². The summed E-state index contributed by atoms with van der Waals surface area (Å²) in [6.45, 7) is 7.04. The van der Waals surface area contributed by atoms with Crippen molar-refractivity contribution in [2.45, 2.75) is 45.6 Å². The molecule has 3 aliphatic rings. The Labute approximate surface area is 231 Å². The Balaban J connectivity index is 1.29. The van der Waals surface area contributed by atoms with E-state index < -0.39 is 17.2 Å². The maximum absolute atomic E-state index is 15.8. The molecule has 8 heteroatoms. The first-order valence-electron chi connectivity index (χ1n) is 13.7. The molecule has 0 aromatic heterocycles. The number of carbonyl (C=O) groups is 3. The zero-order valence-electron chi connectivity index (χ0n) is 22.8. The van der Waals surface area contributed by atoms with Crippen molar-refractivity contribution < 1.29 is 23.2 Å². The number of rotatable bonds is 6. The third-order valence-corrected chi connectivity index (χ3v) is 8.60. The lowest BCUT2D eigenvalue weighted by atomic mass is 9.94. The van der Waals surface area contributed by atoms with Gasteiger partial charge in [-0.05, 0) is 85.2 Å². The second kappa shape index (κ2) is 9.32. The summed E-state index contributed by atoms with van der Waals surface area (Å²) in [7, 11) is 0. The molecule has 0 unspecified atom stereocenters.